The third kappa shape index (κ3) is 5.75. The van der Waals surface area contributed by atoms with E-state index in [1.807, 2.05) is 38.1 Å². The van der Waals surface area contributed by atoms with Crippen LogP contribution >= 0.6 is 0 Å². The van der Waals surface area contributed by atoms with Crippen LogP contribution in [0.2, 0.25) is 0 Å². The van der Waals surface area contributed by atoms with Gasteiger partial charge in [-0.05, 0) is 51.1 Å². The maximum Gasteiger partial charge on any atom is 0.270 e. The SMILES string of the molecule is Cc1nc(Nc2ccc(OC(C)C)cc2)cc(C(=O)NCc2ccccc2F)n1. The van der Waals surface area contributed by atoms with Gasteiger partial charge in [-0.1, -0.05) is 18.2 Å². The molecule has 0 atom stereocenters. The molecular weight excluding hydrogens is 371 g/mol. The van der Waals surface area contributed by atoms with Crippen molar-refractivity contribution in [3.8, 4) is 5.75 Å². The third-order valence-electron chi connectivity index (χ3n) is 3.97. The number of amides is 1. The molecular formula is C22H23FN4O2. The Morgan fingerprint density at radius 3 is 2.52 bits per heavy atom. The van der Waals surface area contributed by atoms with Crippen molar-refractivity contribution in [3.05, 3.63) is 77.5 Å². The van der Waals surface area contributed by atoms with Crippen molar-refractivity contribution in [1.29, 1.82) is 0 Å². The van der Waals surface area contributed by atoms with Crippen LogP contribution in [-0.2, 0) is 6.54 Å². The minimum absolute atomic E-state index is 0.0780. The predicted molar refractivity (Wildman–Crippen MR) is 110 cm³/mol. The second kappa shape index (κ2) is 9.14. The highest BCUT2D eigenvalue weighted by atomic mass is 19.1. The number of ether oxygens (including phenoxy) is 1. The highest BCUT2D eigenvalue weighted by molar-refractivity contribution is 5.93. The molecule has 0 bridgehead atoms. The normalized spacial score (nSPS) is 10.7. The number of carbonyl (C=O) groups is 1. The van der Waals surface area contributed by atoms with Crippen molar-refractivity contribution in [2.75, 3.05) is 5.32 Å². The summed E-state index contributed by atoms with van der Waals surface area (Å²) in [6.45, 7) is 5.72. The minimum Gasteiger partial charge on any atom is -0.491 e. The topological polar surface area (TPSA) is 76.1 Å². The number of benzene rings is 2. The van der Waals surface area contributed by atoms with Gasteiger partial charge < -0.3 is 15.4 Å². The van der Waals surface area contributed by atoms with Crippen molar-refractivity contribution >= 4 is 17.4 Å². The second-order valence-corrected chi connectivity index (χ2v) is 6.78. The fraction of sp³-hybridized carbons (Fsp3) is 0.227. The van der Waals surface area contributed by atoms with E-state index in [4.69, 9.17) is 4.74 Å². The molecule has 0 aliphatic carbocycles. The Balaban J connectivity index is 1.69. The number of aryl methyl sites for hydroxylation is 1. The number of hydrogen-bond acceptors (Lipinski definition) is 5. The number of anilines is 2. The smallest absolute Gasteiger partial charge is 0.270 e. The van der Waals surface area contributed by atoms with Gasteiger partial charge in [-0.3, -0.25) is 4.79 Å². The third-order valence-corrected chi connectivity index (χ3v) is 3.97. The van der Waals surface area contributed by atoms with Crippen LogP contribution in [0.25, 0.3) is 0 Å². The van der Waals surface area contributed by atoms with E-state index >= 15 is 0 Å². The van der Waals surface area contributed by atoms with E-state index in [9.17, 15) is 9.18 Å². The van der Waals surface area contributed by atoms with Crippen LogP contribution in [0.4, 0.5) is 15.9 Å². The number of aromatic nitrogens is 2. The number of nitrogens with one attached hydrogen (secondary N) is 2. The maximum atomic E-state index is 13.7. The van der Waals surface area contributed by atoms with Gasteiger partial charge in [-0.25, -0.2) is 14.4 Å². The van der Waals surface area contributed by atoms with Crippen LogP contribution in [0.1, 0.15) is 35.7 Å². The zero-order valence-corrected chi connectivity index (χ0v) is 16.6. The van der Waals surface area contributed by atoms with Crippen molar-refractivity contribution < 1.29 is 13.9 Å². The summed E-state index contributed by atoms with van der Waals surface area (Å²) < 4.78 is 19.3. The fourth-order valence-corrected chi connectivity index (χ4v) is 2.69. The van der Waals surface area contributed by atoms with Crippen LogP contribution in [0.15, 0.2) is 54.6 Å². The molecule has 7 heteroatoms. The molecule has 0 unspecified atom stereocenters. The monoisotopic (exact) mass is 394 g/mol. The molecule has 0 aliphatic heterocycles. The minimum atomic E-state index is -0.400. The molecule has 1 heterocycles. The molecule has 0 spiro atoms. The van der Waals surface area contributed by atoms with Gasteiger partial charge in [-0.15, -0.1) is 0 Å². The lowest BCUT2D eigenvalue weighted by molar-refractivity contribution is 0.0945. The zero-order valence-electron chi connectivity index (χ0n) is 16.6. The number of halogens is 1. The van der Waals surface area contributed by atoms with E-state index < -0.39 is 5.91 Å². The highest BCUT2D eigenvalue weighted by Crippen LogP contribution is 2.20. The van der Waals surface area contributed by atoms with E-state index in [2.05, 4.69) is 20.6 Å². The molecule has 29 heavy (non-hydrogen) atoms. The van der Waals surface area contributed by atoms with E-state index in [0.717, 1.165) is 11.4 Å². The summed E-state index contributed by atoms with van der Waals surface area (Å²) in [5.74, 6) is 0.955. The molecule has 0 saturated heterocycles. The van der Waals surface area contributed by atoms with Crippen molar-refractivity contribution in [1.82, 2.24) is 15.3 Å². The van der Waals surface area contributed by atoms with E-state index in [0.29, 0.717) is 17.2 Å². The molecule has 1 aromatic heterocycles. The quantitative estimate of drug-likeness (QED) is 0.622. The molecule has 2 N–H and O–H groups in total. The molecule has 0 radical (unpaired) electrons. The Morgan fingerprint density at radius 1 is 1.10 bits per heavy atom. The summed E-state index contributed by atoms with van der Waals surface area (Å²) in [6.07, 6.45) is 0.101. The Hall–Kier alpha value is -3.48. The van der Waals surface area contributed by atoms with Gasteiger partial charge >= 0.3 is 0 Å². The van der Waals surface area contributed by atoms with Gasteiger partial charge in [0, 0.05) is 23.9 Å². The summed E-state index contributed by atoms with van der Waals surface area (Å²) >= 11 is 0. The summed E-state index contributed by atoms with van der Waals surface area (Å²) in [5, 5.41) is 5.84. The van der Waals surface area contributed by atoms with Crippen molar-refractivity contribution in [3.63, 3.8) is 0 Å². The first kappa shape index (κ1) is 20.3. The number of nitrogens with zero attached hydrogens (tertiary/aromatic N) is 2. The van der Waals surface area contributed by atoms with Crippen LogP contribution in [-0.4, -0.2) is 22.0 Å². The Kier molecular flexibility index (Phi) is 6.39. The standard InChI is InChI=1S/C22H23FN4O2/c1-14(2)29-18-10-8-17(9-11-18)27-21-12-20(25-15(3)26-21)22(28)24-13-16-6-4-5-7-19(16)23/h4-12,14H,13H2,1-3H3,(H,24,28)(H,25,26,27). The van der Waals surface area contributed by atoms with Gasteiger partial charge in [-0.2, -0.15) is 0 Å². The van der Waals surface area contributed by atoms with E-state index in [1.54, 1.807) is 31.2 Å². The van der Waals surface area contributed by atoms with Gasteiger partial charge in [0.25, 0.3) is 5.91 Å². The molecule has 2 aromatic carbocycles. The highest BCUT2D eigenvalue weighted by Gasteiger charge is 2.12. The first-order chi connectivity index (χ1) is 13.9. The largest absolute Gasteiger partial charge is 0.491 e. The van der Waals surface area contributed by atoms with Crippen LogP contribution in [0.5, 0.6) is 5.75 Å². The second-order valence-electron chi connectivity index (χ2n) is 6.78. The summed E-state index contributed by atoms with van der Waals surface area (Å²) in [6, 6.07) is 15.3. The summed E-state index contributed by atoms with van der Waals surface area (Å²) in [7, 11) is 0. The van der Waals surface area contributed by atoms with Crippen LogP contribution < -0.4 is 15.4 Å². The predicted octanol–water partition coefficient (Wildman–Crippen LogP) is 4.38. The average molecular weight is 394 g/mol. The lowest BCUT2D eigenvalue weighted by Crippen LogP contribution is -2.25. The molecule has 3 rings (SSSR count). The average Bonchev–Trinajstić information content (AvgIpc) is 2.68. The lowest BCUT2D eigenvalue weighted by Gasteiger charge is -2.12. The van der Waals surface area contributed by atoms with Gasteiger partial charge in [0.15, 0.2) is 0 Å². The number of hydrogen-bond donors (Lipinski definition) is 2. The lowest BCUT2D eigenvalue weighted by atomic mass is 10.2. The molecule has 6 nitrogen and oxygen atoms in total. The Labute approximate surface area is 169 Å². The molecule has 3 aromatic rings. The Morgan fingerprint density at radius 2 is 1.83 bits per heavy atom. The van der Waals surface area contributed by atoms with Gasteiger partial charge in [0.1, 0.15) is 28.9 Å². The zero-order chi connectivity index (χ0) is 20.8. The van der Waals surface area contributed by atoms with E-state index in [1.165, 1.54) is 6.07 Å². The molecule has 1 amide bonds. The fourth-order valence-electron chi connectivity index (χ4n) is 2.69. The summed E-state index contributed by atoms with van der Waals surface area (Å²) in [5.41, 5.74) is 1.42. The van der Waals surface area contributed by atoms with Gasteiger partial charge in [0.05, 0.1) is 6.10 Å². The molecule has 0 fully saturated rings. The first-order valence-corrected chi connectivity index (χ1v) is 9.32. The molecule has 150 valence electrons. The van der Waals surface area contributed by atoms with Crippen LogP contribution in [0, 0.1) is 12.7 Å². The van der Waals surface area contributed by atoms with Crippen LogP contribution in [0.3, 0.4) is 0 Å². The Bertz CT molecular complexity index is 990. The molecule has 0 saturated carbocycles. The number of carbonyl (C=O) groups excluding carboxylic acids is 1. The number of rotatable bonds is 7. The van der Waals surface area contributed by atoms with Crippen molar-refractivity contribution in [2.45, 2.75) is 33.4 Å². The van der Waals surface area contributed by atoms with Gasteiger partial charge in [0.2, 0.25) is 0 Å². The van der Waals surface area contributed by atoms with Crippen molar-refractivity contribution in [2.24, 2.45) is 0 Å². The first-order valence-electron chi connectivity index (χ1n) is 9.32. The summed E-state index contributed by atoms with van der Waals surface area (Å²) in [4.78, 5) is 21.0. The van der Waals surface area contributed by atoms with E-state index in [-0.39, 0.29) is 24.2 Å². The molecule has 0 aliphatic rings. The maximum absolute atomic E-state index is 13.7.